The standard InChI is InChI=1S/C12H13N3O3/c1-7-10(16)4-3-9(14-7)5-8-6-13-15-11(8)12(17)18-2/h3-4,6,16H,5H2,1-2H3,(H,13,15). The Balaban J connectivity index is 2.26. The fraction of sp³-hybridized carbons (Fsp3) is 0.250. The van der Waals surface area contributed by atoms with Crippen molar-refractivity contribution in [2.45, 2.75) is 13.3 Å². The molecule has 0 fully saturated rings. The number of pyridine rings is 1. The van der Waals surface area contributed by atoms with E-state index in [1.54, 1.807) is 25.3 Å². The Bertz CT molecular complexity index is 578. The fourth-order valence-corrected chi connectivity index (χ4v) is 1.62. The highest BCUT2D eigenvalue weighted by molar-refractivity contribution is 5.88. The van der Waals surface area contributed by atoms with Gasteiger partial charge in [-0.3, -0.25) is 10.1 Å². The van der Waals surface area contributed by atoms with Crippen molar-refractivity contribution in [3.63, 3.8) is 0 Å². The maximum Gasteiger partial charge on any atom is 0.356 e. The summed E-state index contributed by atoms with van der Waals surface area (Å²) in [6.45, 7) is 1.72. The average molecular weight is 247 g/mol. The molecule has 2 heterocycles. The lowest BCUT2D eigenvalue weighted by Gasteiger charge is -2.03. The van der Waals surface area contributed by atoms with Crippen LogP contribution in [0.3, 0.4) is 0 Å². The van der Waals surface area contributed by atoms with E-state index in [-0.39, 0.29) is 5.75 Å². The third-order valence-corrected chi connectivity index (χ3v) is 2.59. The lowest BCUT2D eigenvalue weighted by atomic mass is 10.1. The van der Waals surface area contributed by atoms with Gasteiger partial charge >= 0.3 is 5.97 Å². The number of hydrogen-bond acceptors (Lipinski definition) is 5. The summed E-state index contributed by atoms with van der Waals surface area (Å²) in [6.07, 6.45) is 2.01. The molecule has 2 aromatic heterocycles. The largest absolute Gasteiger partial charge is 0.506 e. The molecule has 0 saturated carbocycles. The Morgan fingerprint density at radius 1 is 1.50 bits per heavy atom. The van der Waals surface area contributed by atoms with E-state index in [4.69, 9.17) is 0 Å². The van der Waals surface area contributed by atoms with Gasteiger partial charge in [0.25, 0.3) is 0 Å². The van der Waals surface area contributed by atoms with Crippen LogP contribution < -0.4 is 0 Å². The van der Waals surface area contributed by atoms with E-state index in [1.165, 1.54) is 7.11 Å². The summed E-state index contributed by atoms with van der Waals surface area (Å²) < 4.78 is 4.65. The zero-order valence-corrected chi connectivity index (χ0v) is 10.1. The molecule has 18 heavy (non-hydrogen) atoms. The number of nitrogens with zero attached hydrogens (tertiary/aromatic N) is 2. The number of methoxy groups -OCH3 is 1. The van der Waals surface area contributed by atoms with Gasteiger partial charge in [0.2, 0.25) is 0 Å². The number of aromatic amines is 1. The number of H-pyrrole nitrogens is 1. The first-order valence-corrected chi connectivity index (χ1v) is 5.38. The molecule has 0 aliphatic rings. The summed E-state index contributed by atoms with van der Waals surface area (Å²) in [4.78, 5) is 15.7. The first kappa shape index (κ1) is 12.1. The van der Waals surface area contributed by atoms with Crippen LogP contribution in [0.25, 0.3) is 0 Å². The van der Waals surface area contributed by atoms with Crippen molar-refractivity contribution >= 4 is 5.97 Å². The second-order valence-corrected chi connectivity index (χ2v) is 3.85. The van der Waals surface area contributed by atoms with Gasteiger partial charge < -0.3 is 9.84 Å². The lowest BCUT2D eigenvalue weighted by Crippen LogP contribution is -2.06. The molecular weight excluding hydrogens is 234 g/mol. The fourth-order valence-electron chi connectivity index (χ4n) is 1.62. The van der Waals surface area contributed by atoms with Crippen LogP contribution in [0.4, 0.5) is 0 Å². The molecule has 0 aliphatic heterocycles. The van der Waals surface area contributed by atoms with Crippen LogP contribution in [0, 0.1) is 6.92 Å². The predicted octanol–water partition coefficient (Wildman–Crippen LogP) is 1.20. The van der Waals surface area contributed by atoms with Crippen molar-refractivity contribution in [1.82, 2.24) is 15.2 Å². The lowest BCUT2D eigenvalue weighted by molar-refractivity contribution is 0.0593. The number of esters is 1. The highest BCUT2D eigenvalue weighted by Gasteiger charge is 2.15. The van der Waals surface area contributed by atoms with Gasteiger partial charge in [0.1, 0.15) is 11.4 Å². The van der Waals surface area contributed by atoms with Gasteiger partial charge in [0, 0.05) is 17.7 Å². The topological polar surface area (TPSA) is 88.1 Å². The summed E-state index contributed by atoms with van der Waals surface area (Å²) in [6, 6.07) is 3.28. The third-order valence-electron chi connectivity index (χ3n) is 2.59. The van der Waals surface area contributed by atoms with Crippen LogP contribution in [-0.4, -0.2) is 33.4 Å². The number of rotatable bonds is 3. The van der Waals surface area contributed by atoms with Crippen LogP contribution in [0.15, 0.2) is 18.3 Å². The molecule has 0 aromatic carbocycles. The average Bonchev–Trinajstić information content (AvgIpc) is 2.81. The predicted molar refractivity (Wildman–Crippen MR) is 63.4 cm³/mol. The van der Waals surface area contributed by atoms with Gasteiger partial charge in [-0.2, -0.15) is 5.10 Å². The Hall–Kier alpha value is -2.37. The van der Waals surface area contributed by atoms with E-state index in [1.807, 2.05) is 0 Å². The smallest absolute Gasteiger partial charge is 0.356 e. The van der Waals surface area contributed by atoms with Crippen LogP contribution in [0.2, 0.25) is 0 Å². The molecule has 2 N–H and O–H groups in total. The van der Waals surface area contributed by atoms with Crippen molar-refractivity contribution < 1.29 is 14.6 Å². The third kappa shape index (κ3) is 2.32. The minimum Gasteiger partial charge on any atom is -0.506 e. The quantitative estimate of drug-likeness (QED) is 0.795. The summed E-state index contributed by atoms with van der Waals surface area (Å²) in [5, 5.41) is 15.8. The molecule has 0 radical (unpaired) electrons. The van der Waals surface area contributed by atoms with Crippen LogP contribution in [0.1, 0.15) is 27.4 Å². The maximum absolute atomic E-state index is 11.5. The van der Waals surface area contributed by atoms with Gasteiger partial charge in [-0.25, -0.2) is 4.79 Å². The first-order chi connectivity index (χ1) is 8.61. The van der Waals surface area contributed by atoms with E-state index < -0.39 is 5.97 Å². The van der Waals surface area contributed by atoms with Gasteiger partial charge in [-0.15, -0.1) is 0 Å². The number of carbonyl (C=O) groups is 1. The van der Waals surface area contributed by atoms with E-state index >= 15 is 0 Å². The number of hydrogen-bond donors (Lipinski definition) is 2. The Morgan fingerprint density at radius 2 is 2.28 bits per heavy atom. The van der Waals surface area contributed by atoms with Crippen molar-refractivity contribution in [1.29, 1.82) is 0 Å². The molecule has 0 bridgehead atoms. The summed E-state index contributed by atoms with van der Waals surface area (Å²) >= 11 is 0. The molecule has 0 unspecified atom stereocenters. The second-order valence-electron chi connectivity index (χ2n) is 3.85. The normalized spacial score (nSPS) is 10.3. The number of aromatic nitrogens is 3. The minimum absolute atomic E-state index is 0.152. The SMILES string of the molecule is COC(=O)c1[nH]ncc1Cc1ccc(O)c(C)n1. The number of aryl methyl sites for hydroxylation is 1. The second kappa shape index (κ2) is 4.87. The van der Waals surface area contributed by atoms with Crippen LogP contribution in [0.5, 0.6) is 5.75 Å². The highest BCUT2D eigenvalue weighted by Crippen LogP contribution is 2.16. The van der Waals surface area contributed by atoms with Crippen LogP contribution >= 0.6 is 0 Å². The summed E-state index contributed by atoms with van der Waals surface area (Å²) in [5.41, 5.74) is 2.33. The molecule has 0 atom stereocenters. The zero-order chi connectivity index (χ0) is 13.1. The van der Waals surface area contributed by atoms with Crippen molar-refractivity contribution in [2.24, 2.45) is 0 Å². The van der Waals surface area contributed by atoms with Crippen molar-refractivity contribution in [3.8, 4) is 5.75 Å². The number of ether oxygens (including phenoxy) is 1. The Labute approximate surface area is 104 Å². The van der Waals surface area contributed by atoms with E-state index in [2.05, 4.69) is 19.9 Å². The molecule has 6 nitrogen and oxygen atoms in total. The molecule has 6 heteroatoms. The van der Waals surface area contributed by atoms with Gasteiger partial charge in [0.15, 0.2) is 0 Å². The highest BCUT2D eigenvalue weighted by atomic mass is 16.5. The molecule has 2 rings (SSSR count). The molecule has 0 saturated heterocycles. The number of nitrogens with one attached hydrogen (secondary N) is 1. The van der Waals surface area contributed by atoms with E-state index in [0.717, 1.165) is 5.69 Å². The van der Waals surface area contributed by atoms with Gasteiger partial charge in [0.05, 0.1) is 19.0 Å². The first-order valence-electron chi connectivity index (χ1n) is 5.38. The molecule has 0 aliphatic carbocycles. The van der Waals surface area contributed by atoms with Crippen LogP contribution in [-0.2, 0) is 11.2 Å². The van der Waals surface area contributed by atoms with E-state index in [0.29, 0.717) is 23.4 Å². The molecular formula is C12H13N3O3. The monoisotopic (exact) mass is 247 g/mol. The molecule has 94 valence electrons. The molecule has 0 amide bonds. The number of aromatic hydroxyl groups is 1. The summed E-state index contributed by atoms with van der Waals surface area (Å²) in [5.74, 6) is -0.308. The Morgan fingerprint density at radius 3 is 2.94 bits per heavy atom. The maximum atomic E-state index is 11.5. The van der Waals surface area contributed by atoms with Gasteiger partial charge in [-0.05, 0) is 19.1 Å². The summed E-state index contributed by atoms with van der Waals surface area (Å²) in [7, 11) is 1.32. The molecule has 0 spiro atoms. The number of carbonyl (C=O) groups excluding carboxylic acids is 1. The van der Waals surface area contributed by atoms with Gasteiger partial charge in [-0.1, -0.05) is 0 Å². The molecule has 2 aromatic rings. The van der Waals surface area contributed by atoms with Crippen molar-refractivity contribution in [2.75, 3.05) is 7.11 Å². The minimum atomic E-state index is -0.460. The zero-order valence-electron chi connectivity index (χ0n) is 10.1. The Kier molecular flexibility index (Phi) is 3.27. The van der Waals surface area contributed by atoms with E-state index in [9.17, 15) is 9.90 Å². The van der Waals surface area contributed by atoms with Crippen molar-refractivity contribution in [3.05, 3.63) is 41.0 Å².